The van der Waals surface area contributed by atoms with Crippen molar-refractivity contribution in [3.8, 4) is 0 Å². The zero-order chi connectivity index (χ0) is 8.97. The fraction of sp³-hybridized carbons (Fsp3) is 0.571. The smallest absolute Gasteiger partial charge is 0.0874 e. The Hall–Kier alpha value is -0.580. The maximum absolute atomic E-state index is 5.70. The Morgan fingerprint density at radius 3 is 3.00 bits per heavy atom. The highest BCUT2D eigenvalue weighted by molar-refractivity contribution is 6.30. The van der Waals surface area contributed by atoms with Crippen LogP contribution in [0, 0.1) is 0 Å². The molecule has 1 aromatic rings. The van der Waals surface area contributed by atoms with Crippen molar-refractivity contribution >= 4 is 11.6 Å². The van der Waals surface area contributed by atoms with E-state index >= 15 is 0 Å². The molecular weight excluding hydrogens is 178 g/mol. The van der Waals surface area contributed by atoms with Crippen LogP contribution >= 0.6 is 11.6 Å². The molecule has 1 rings (SSSR count). The molecule has 12 heavy (non-hydrogen) atoms. The van der Waals surface area contributed by atoms with E-state index in [9.17, 15) is 0 Å². The van der Waals surface area contributed by atoms with Gasteiger partial charge in [-0.3, -0.25) is 4.68 Å². The molecule has 4 nitrogen and oxygen atoms in total. The molecule has 1 unspecified atom stereocenters. The number of nitrogens with two attached hydrogens (primary N) is 1. The molecule has 0 aliphatic heterocycles. The zero-order valence-corrected chi connectivity index (χ0v) is 7.66. The Kier molecular flexibility index (Phi) is 3.52. The van der Waals surface area contributed by atoms with Crippen molar-refractivity contribution in [1.29, 1.82) is 0 Å². The van der Waals surface area contributed by atoms with Crippen molar-refractivity contribution in [2.24, 2.45) is 5.73 Å². The molecule has 2 N–H and O–H groups in total. The van der Waals surface area contributed by atoms with Crippen LogP contribution in [0.2, 0.25) is 5.02 Å². The summed E-state index contributed by atoms with van der Waals surface area (Å²) in [7, 11) is 1.63. The van der Waals surface area contributed by atoms with Gasteiger partial charge in [0.1, 0.15) is 0 Å². The molecule has 0 fully saturated rings. The highest BCUT2D eigenvalue weighted by Crippen LogP contribution is 2.10. The van der Waals surface area contributed by atoms with Crippen LogP contribution in [0.5, 0.6) is 0 Å². The van der Waals surface area contributed by atoms with Gasteiger partial charge in [0.2, 0.25) is 0 Å². The van der Waals surface area contributed by atoms with Gasteiger partial charge >= 0.3 is 0 Å². The van der Waals surface area contributed by atoms with Gasteiger partial charge in [-0.15, -0.1) is 0 Å². The number of hydrogen-bond acceptors (Lipinski definition) is 3. The van der Waals surface area contributed by atoms with Gasteiger partial charge in [0, 0.05) is 19.9 Å². The predicted molar refractivity (Wildman–Crippen MR) is 47.2 cm³/mol. The van der Waals surface area contributed by atoms with Crippen molar-refractivity contribution in [2.75, 3.05) is 20.3 Å². The molecule has 1 aromatic heterocycles. The fourth-order valence-electron chi connectivity index (χ4n) is 0.959. The van der Waals surface area contributed by atoms with Crippen LogP contribution in [0.15, 0.2) is 12.4 Å². The summed E-state index contributed by atoms with van der Waals surface area (Å²) in [6, 6.07) is 0.0718. The maximum atomic E-state index is 5.70. The maximum Gasteiger partial charge on any atom is 0.0874 e. The Morgan fingerprint density at radius 1 is 1.83 bits per heavy atom. The minimum Gasteiger partial charge on any atom is -0.382 e. The van der Waals surface area contributed by atoms with Crippen LogP contribution in [0.3, 0.4) is 0 Å². The van der Waals surface area contributed by atoms with Crippen LogP contribution in [-0.4, -0.2) is 30.0 Å². The summed E-state index contributed by atoms with van der Waals surface area (Å²) in [5.74, 6) is 0. The van der Waals surface area contributed by atoms with Crippen LogP contribution in [0.4, 0.5) is 0 Å². The van der Waals surface area contributed by atoms with E-state index in [2.05, 4.69) is 5.10 Å². The third-order valence-corrected chi connectivity index (χ3v) is 1.77. The van der Waals surface area contributed by atoms with Gasteiger partial charge in [-0.25, -0.2) is 0 Å². The van der Waals surface area contributed by atoms with E-state index in [4.69, 9.17) is 22.1 Å². The second kappa shape index (κ2) is 4.45. The second-order valence-corrected chi connectivity index (χ2v) is 2.92. The summed E-state index contributed by atoms with van der Waals surface area (Å²) in [6.45, 7) is 1.04. The highest BCUT2D eigenvalue weighted by Gasteiger charge is 2.08. The summed E-state index contributed by atoms with van der Waals surface area (Å²) in [5, 5.41) is 4.65. The average molecular weight is 190 g/mol. The van der Waals surface area contributed by atoms with Crippen LogP contribution < -0.4 is 5.73 Å². The summed E-state index contributed by atoms with van der Waals surface area (Å²) >= 11 is 5.70. The van der Waals surface area contributed by atoms with E-state index in [1.54, 1.807) is 24.2 Å². The van der Waals surface area contributed by atoms with Gasteiger partial charge < -0.3 is 10.5 Å². The third kappa shape index (κ3) is 2.20. The molecule has 5 heteroatoms. The Bertz CT molecular complexity index is 238. The van der Waals surface area contributed by atoms with Crippen molar-refractivity contribution in [3.63, 3.8) is 0 Å². The van der Waals surface area contributed by atoms with Gasteiger partial charge in [-0.2, -0.15) is 5.10 Å². The van der Waals surface area contributed by atoms with E-state index in [1.165, 1.54) is 0 Å². The minimum absolute atomic E-state index is 0.0718. The van der Waals surface area contributed by atoms with Crippen molar-refractivity contribution < 1.29 is 4.74 Å². The topological polar surface area (TPSA) is 53.1 Å². The minimum atomic E-state index is 0.0718. The van der Waals surface area contributed by atoms with Gasteiger partial charge in [-0.05, 0) is 0 Å². The molecule has 1 heterocycles. The number of aromatic nitrogens is 2. The van der Waals surface area contributed by atoms with Crippen molar-refractivity contribution in [3.05, 3.63) is 17.4 Å². The van der Waals surface area contributed by atoms with E-state index in [1.807, 2.05) is 0 Å². The Morgan fingerprint density at radius 2 is 2.58 bits per heavy atom. The molecule has 0 saturated heterocycles. The first-order chi connectivity index (χ1) is 5.77. The zero-order valence-electron chi connectivity index (χ0n) is 6.90. The standard InChI is InChI=1S/C7H12ClN3O/c1-12-5-7(2-9)11-4-6(8)3-10-11/h3-4,7H,2,5,9H2,1H3. The molecule has 0 bridgehead atoms. The SMILES string of the molecule is COCC(CN)n1cc(Cl)cn1. The Balaban J connectivity index is 2.66. The lowest BCUT2D eigenvalue weighted by atomic mass is 10.3. The average Bonchev–Trinajstić information content (AvgIpc) is 2.47. The van der Waals surface area contributed by atoms with E-state index in [0.29, 0.717) is 18.2 Å². The van der Waals surface area contributed by atoms with Gasteiger partial charge in [0.15, 0.2) is 0 Å². The van der Waals surface area contributed by atoms with E-state index < -0.39 is 0 Å². The highest BCUT2D eigenvalue weighted by atomic mass is 35.5. The number of hydrogen-bond donors (Lipinski definition) is 1. The Labute approximate surface area is 76.3 Å². The first kappa shape index (κ1) is 9.51. The summed E-state index contributed by atoms with van der Waals surface area (Å²) < 4.78 is 6.69. The quantitative estimate of drug-likeness (QED) is 0.758. The van der Waals surface area contributed by atoms with Crippen LogP contribution in [-0.2, 0) is 4.74 Å². The lowest BCUT2D eigenvalue weighted by Gasteiger charge is -2.13. The van der Waals surface area contributed by atoms with Crippen molar-refractivity contribution in [2.45, 2.75) is 6.04 Å². The van der Waals surface area contributed by atoms with E-state index in [-0.39, 0.29) is 6.04 Å². The molecule has 0 aliphatic carbocycles. The van der Waals surface area contributed by atoms with Gasteiger partial charge in [0.05, 0.1) is 23.9 Å². The molecule has 0 amide bonds. The van der Waals surface area contributed by atoms with E-state index in [0.717, 1.165) is 0 Å². The van der Waals surface area contributed by atoms with Crippen LogP contribution in [0.1, 0.15) is 6.04 Å². The first-order valence-electron chi connectivity index (χ1n) is 3.66. The predicted octanol–water partition coefficient (Wildman–Crippen LogP) is 0.683. The summed E-state index contributed by atoms with van der Waals surface area (Å²) in [4.78, 5) is 0. The molecule has 0 aromatic carbocycles. The monoisotopic (exact) mass is 189 g/mol. The summed E-state index contributed by atoms with van der Waals surface area (Å²) in [6.07, 6.45) is 3.32. The number of methoxy groups -OCH3 is 1. The molecular formula is C7H12ClN3O. The number of rotatable bonds is 4. The van der Waals surface area contributed by atoms with Crippen LogP contribution in [0.25, 0.3) is 0 Å². The molecule has 0 radical (unpaired) electrons. The molecule has 0 aliphatic rings. The lowest BCUT2D eigenvalue weighted by Crippen LogP contribution is -2.23. The third-order valence-electron chi connectivity index (χ3n) is 1.58. The summed E-state index contributed by atoms with van der Waals surface area (Å²) in [5.41, 5.74) is 5.52. The van der Waals surface area contributed by atoms with Gasteiger partial charge in [-0.1, -0.05) is 11.6 Å². The number of halogens is 1. The van der Waals surface area contributed by atoms with Crippen molar-refractivity contribution in [1.82, 2.24) is 9.78 Å². The number of nitrogens with zero attached hydrogens (tertiary/aromatic N) is 2. The lowest BCUT2D eigenvalue weighted by molar-refractivity contribution is 0.152. The first-order valence-corrected chi connectivity index (χ1v) is 4.04. The molecule has 0 spiro atoms. The number of ether oxygens (including phenoxy) is 1. The van der Waals surface area contributed by atoms with Gasteiger partial charge in [0.25, 0.3) is 0 Å². The molecule has 1 atom stereocenters. The molecule has 68 valence electrons. The molecule has 0 saturated carbocycles. The second-order valence-electron chi connectivity index (χ2n) is 2.48. The normalized spacial score (nSPS) is 13.2. The fourth-order valence-corrected chi connectivity index (χ4v) is 1.10. The largest absolute Gasteiger partial charge is 0.382 e.